The van der Waals surface area contributed by atoms with Crippen LogP contribution < -0.4 is 0 Å². The van der Waals surface area contributed by atoms with Gasteiger partial charge in [0.25, 0.3) is 0 Å². The highest BCUT2D eigenvalue weighted by Gasteiger charge is 2.26. The molecule has 0 aromatic heterocycles. The third-order valence-corrected chi connectivity index (χ3v) is 4.94. The van der Waals surface area contributed by atoms with Crippen molar-refractivity contribution in [2.24, 2.45) is 16.8 Å². The molecule has 0 radical (unpaired) electrons. The molecule has 0 aliphatic heterocycles. The Bertz CT molecular complexity index is 513. The SMILES string of the molecule is CC1CCCC(N=Cc2cccc(C(C)(C)C)c2O)C1C. The van der Waals surface area contributed by atoms with Crippen molar-refractivity contribution < 1.29 is 5.11 Å². The van der Waals surface area contributed by atoms with Gasteiger partial charge in [0, 0.05) is 11.8 Å². The van der Waals surface area contributed by atoms with Gasteiger partial charge in [-0.1, -0.05) is 59.6 Å². The van der Waals surface area contributed by atoms with Crippen LogP contribution in [-0.4, -0.2) is 17.4 Å². The molecule has 1 aliphatic carbocycles. The van der Waals surface area contributed by atoms with E-state index in [0.29, 0.717) is 17.7 Å². The lowest BCUT2D eigenvalue weighted by Crippen LogP contribution is -2.27. The van der Waals surface area contributed by atoms with Crippen molar-refractivity contribution in [3.05, 3.63) is 29.3 Å². The van der Waals surface area contributed by atoms with Crippen molar-refractivity contribution in [3.63, 3.8) is 0 Å². The zero-order chi connectivity index (χ0) is 15.6. The van der Waals surface area contributed by atoms with Crippen molar-refractivity contribution in [2.45, 2.75) is 65.3 Å². The highest BCUT2D eigenvalue weighted by Crippen LogP contribution is 2.34. The van der Waals surface area contributed by atoms with Crippen LogP contribution in [0.4, 0.5) is 0 Å². The van der Waals surface area contributed by atoms with Gasteiger partial charge < -0.3 is 5.11 Å². The van der Waals surface area contributed by atoms with Crippen LogP contribution in [-0.2, 0) is 5.41 Å². The highest BCUT2D eigenvalue weighted by atomic mass is 16.3. The van der Waals surface area contributed by atoms with Gasteiger partial charge in [-0.15, -0.1) is 0 Å². The van der Waals surface area contributed by atoms with Crippen molar-refractivity contribution in [2.75, 3.05) is 0 Å². The average molecular weight is 287 g/mol. The summed E-state index contributed by atoms with van der Waals surface area (Å²) in [6.07, 6.45) is 5.63. The second kappa shape index (κ2) is 6.21. The van der Waals surface area contributed by atoms with Crippen molar-refractivity contribution in [3.8, 4) is 5.75 Å². The molecule has 1 aromatic carbocycles. The van der Waals surface area contributed by atoms with Gasteiger partial charge in [0.05, 0.1) is 6.04 Å². The van der Waals surface area contributed by atoms with Crippen LogP contribution in [0.5, 0.6) is 5.75 Å². The minimum Gasteiger partial charge on any atom is -0.507 e. The third-order valence-electron chi connectivity index (χ3n) is 4.94. The Kier molecular flexibility index (Phi) is 4.75. The number of benzene rings is 1. The van der Waals surface area contributed by atoms with Gasteiger partial charge in [-0.3, -0.25) is 4.99 Å². The molecule has 0 bridgehead atoms. The molecule has 116 valence electrons. The molecule has 1 aromatic rings. The summed E-state index contributed by atoms with van der Waals surface area (Å²) < 4.78 is 0. The van der Waals surface area contributed by atoms with E-state index in [2.05, 4.69) is 34.6 Å². The van der Waals surface area contributed by atoms with E-state index in [1.54, 1.807) is 0 Å². The number of aromatic hydroxyl groups is 1. The maximum Gasteiger partial charge on any atom is 0.128 e. The molecule has 1 aliphatic rings. The van der Waals surface area contributed by atoms with Gasteiger partial charge in [-0.25, -0.2) is 0 Å². The van der Waals surface area contributed by atoms with Crippen LogP contribution >= 0.6 is 0 Å². The molecule has 2 rings (SSSR count). The maximum atomic E-state index is 10.5. The molecule has 2 nitrogen and oxygen atoms in total. The van der Waals surface area contributed by atoms with E-state index < -0.39 is 0 Å². The number of hydrogen-bond acceptors (Lipinski definition) is 2. The lowest BCUT2D eigenvalue weighted by Gasteiger charge is -2.31. The van der Waals surface area contributed by atoms with E-state index in [9.17, 15) is 5.11 Å². The summed E-state index contributed by atoms with van der Waals surface area (Å²) in [5.41, 5.74) is 1.77. The normalized spacial score (nSPS) is 27.2. The fourth-order valence-electron chi connectivity index (χ4n) is 3.21. The summed E-state index contributed by atoms with van der Waals surface area (Å²) >= 11 is 0. The summed E-state index contributed by atoms with van der Waals surface area (Å²) in [5, 5.41) is 10.5. The molecule has 1 saturated carbocycles. The van der Waals surface area contributed by atoms with Crippen LogP contribution in [0.25, 0.3) is 0 Å². The monoisotopic (exact) mass is 287 g/mol. The number of phenols is 1. The summed E-state index contributed by atoms with van der Waals surface area (Å²) in [5.74, 6) is 1.75. The molecule has 1 N–H and O–H groups in total. The first-order chi connectivity index (χ1) is 9.80. The van der Waals surface area contributed by atoms with Crippen LogP contribution in [0, 0.1) is 11.8 Å². The number of nitrogens with zero attached hydrogens (tertiary/aromatic N) is 1. The Morgan fingerprint density at radius 3 is 2.57 bits per heavy atom. The van der Waals surface area contributed by atoms with Gasteiger partial charge in [0.1, 0.15) is 5.75 Å². The largest absolute Gasteiger partial charge is 0.507 e. The number of hydrogen-bond donors (Lipinski definition) is 1. The molecule has 3 unspecified atom stereocenters. The molecule has 21 heavy (non-hydrogen) atoms. The minimum atomic E-state index is -0.0550. The molecule has 0 saturated heterocycles. The van der Waals surface area contributed by atoms with Crippen molar-refractivity contribution in [1.82, 2.24) is 0 Å². The molecular formula is C19H29NO. The smallest absolute Gasteiger partial charge is 0.128 e. The zero-order valence-electron chi connectivity index (χ0n) is 14.1. The van der Waals surface area contributed by atoms with E-state index in [4.69, 9.17) is 4.99 Å². The highest BCUT2D eigenvalue weighted by molar-refractivity contribution is 5.84. The van der Waals surface area contributed by atoms with Gasteiger partial charge in [-0.2, -0.15) is 0 Å². The second-order valence-electron chi connectivity index (χ2n) is 7.61. The number of rotatable bonds is 2. The first-order valence-corrected chi connectivity index (χ1v) is 8.16. The predicted molar refractivity (Wildman–Crippen MR) is 90.4 cm³/mol. The Labute approximate surface area is 129 Å². The van der Waals surface area contributed by atoms with Crippen LogP contribution in [0.3, 0.4) is 0 Å². The van der Waals surface area contributed by atoms with Crippen molar-refractivity contribution >= 4 is 6.21 Å². The molecule has 0 heterocycles. The zero-order valence-corrected chi connectivity index (χ0v) is 14.1. The van der Waals surface area contributed by atoms with Crippen LogP contribution in [0.1, 0.15) is 65.0 Å². The lowest BCUT2D eigenvalue weighted by atomic mass is 9.78. The summed E-state index contributed by atoms with van der Waals surface area (Å²) in [7, 11) is 0. The second-order valence-corrected chi connectivity index (χ2v) is 7.61. The molecule has 3 atom stereocenters. The Hall–Kier alpha value is -1.31. The molecule has 1 fully saturated rings. The number of phenolic OH excluding ortho intramolecular Hbond substituents is 1. The topological polar surface area (TPSA) is 32.6 Å². The first kappa shape index (κ1) is 16.1. The molecule has 0 amide bonds. The Balaban J connectivity index is 2.22. The van der Waals surface area contributed by atoms with E-state index in [1.807, 2.05) is 24.4 Å². The lowest BCUT2D eigenvalue weighted by molar-refractivity contribution is 0.242. The standard InChI is InChI=1S/C19H29NO/c1-13-8-6-11-17(14(13)2)20-12-15-9-7-10-16(18(15)21)19(3,4)5/h7,9-10,12-14,17,21H,6,8,11H2,1-5H3. The van der Waals surface area contributed by atoms with Crippen LogP contribution in [0.2, 0.25) is 0 Å². The fourth-order valence-corrected chi connectivity index (χ4v) is 3.21. The predicted octanol–water partition coefficient (Wildman–Crippen LogP) is 4.93. The first-order valence-electron chi connectivity index (χ1n) is 8.16. The average Bonchev–Trinajstić information content (AvgIpc) is 2.40. The number of para-hydroxylation sites is 1. The fraction of sp³-hybridized carbons (Fsp3) is 0.632. The van der Waals surface area contributed by atoms with Gasteiger partial charge in [-0.05, 0) is 35.3 Å². The summed E-state index contributed by atoms with van der Waals surface area (Å²) in [6.45, 7) is 11.0. The van der Waals surface area contributed by atoms with E-state index in [1.165, 1.54) is 19.3 Å². The van der Waals surface area contributed by atoms with Crippen molar-refractivity contribution in [1.29, 1.82) is 0 Å². The summed E-state index contributed by atoms with van der Waals surface area (Å²) in [4.78, 5) is 4.78. The molecule has 2 heteroatoms. The van der Waals surface area contributed by atoms with Gasteiger partial charge >= 0.3 is 0 Å². The van der Waals surface area contributed by atoms with E-state index in [-0.39, 0.29) is 5.41 Å². The molecular weight excluding hydrogens is 258 g/mol. The summed E-state index contributed by atoms with van der Waals surface area (Å²) in [6, 6.07) is 6.35. The van der Waals surface area contributed by atoms with E-state index in [0.717, 1.165) is 17.0 Å². The van der Waals surface area contributed by atoms with Gasteiger partial charge in [0.2, 0.25) is 0 Å². The maximum absolute atomic E-state index is 10.5. The van der Waals surface area contributed by atoms with Gasteiger partial charge in [0.15, 0.2) is 0 Å². The van der Waals surface area contributed by atoms with Crippen LogP contribution in [0.15, 0.2) is 23.2 Å². The Morgan fingerprint density at radius 1 is 1.19 bits per heavy atom. The Morgan fingerprint density at radius 2 is 1.90 bits per heavy atom. The quantitative estimate of drug-likeness (QED) is 0.768. The molecule has 0 spiro atoms. The van der Waals surface area contributed by atoms with E-state index >= 15 is 0 Å². The minimum absolute atomic E-state index is 0.0550. The number of aliphatic imine (C=N–C) groups is 1. The third kappa shape index (κ3) is 3.66.